The number of hydrogen-bond acceptors (Lipinski definition) is 2. The van der Waals surface area contributed by atoms with Crippen molar-refractivity contribution >= 4 is 23.3 Å². The number of hydrogen-bond donors (Lipinski definition) is 1. The second-order valence-electron chi connectivity index (χ2n) is 4.25. The van der Waals surface area contributed by atoms with E-state index in [0.29, 0.717) is 23.9 Å². The Balaban J connectivity index is 1.91. The minimum atomic E-state index is -0.0729. The average Bonchev–Trinajstić information content (AvgIpc) is 2.62. The van der Waals surface area contributed by atoms with Gasteiger partial charge in [0.2, 0.25) is 5.91 Å². The maximum Gasteiger partial charge on any atom is 0.246 e. The van der Waals surface area contributed by atoms with Gasteiger partial charge in [-0.1, -0.05) is 24.8 Å². The molecule has 96 valence electrons. The molecule has 0 aromatic carbocycles. The molecule has 0 radical (unpaired) electrons. The van der Waals surface area contributed by atoms with E-state index < -0.39 is 0 Å². The van der Waals surface area contributed by atoms with E-state index in [1.165, 1.54) is 6.08 Å². The van der Waals surface area contributed by atoms with Gasteiger partial charge in [0.25, 0.3) is 0 Å². The van der Waals surface area contributed by atoms with Crippen LogP contribution in [0, 0.1) is 6.92 Å². The van der Waals surface area contributed by atoms with Crippen molar-refractivity contribution in [1.29, 1.82) is 0 Å². The van der Waals surface area contributed by atoms with Crippen molar-refractivity contribution in [3.05, 3.63) is 41.7 Å². The molecule has 0 unspecified atom stereocenters. The highest BCUT2D eigenvalue weighted by Gasteiger charge is 2.31. The van der Waals surface area contributed by atoms with E-state index >= 15 is 0 Å². The lowest BCUT2D eigenvalue weighted by Gasteiger charge is -2.38. The number of aromatic nitrogens is 1. The maximum absolute atomic E-state index is 11.3. The molecule has 0 bridgehead atoms. The van der Waals surface area contributed by atoms with Crippen LogP contribution in [0.15, 0.2) is 25.4 Å². The molecule has 0 atom stereocenters. The molecule has 1 saturated heterocycles. The molecule has 2 rings (SSSR count). The van der Waals surface area contributed by atoms with Crippen molar-refractivity contribution in [2.45, 2.75) is 13.0 Å². The van der Waals surface area contributed by atoms with Gasteiger partial charge >= 0.3 is 0 Å². The van der Waals surface area contributed by atoms with Gasteiger partial charge in [0.15, 0.2) is 0 Å². The van der Waals surface area contributed by atoms with Gasteiger partial charge in [-0.05, 0) is 13.0 Å². The number of nitrogens with one attached hydrogen (secondary N) is 1. The fourth-order valence-electron chi connectivity index (χ4n) is 1.92. The quantitative estimate of drug-likeness (QED) is 0.672. The number of carbonyl (C=O) groups is 1. The standard InChI is InChI=1S/C13H15ClN2O2/c1-4-12(17)16-6-10(7-16)18-9(3)13-8(2)15-5-11(13)14/h4-5,10,15H,1,3,6-7H2,2H3. The van der Waals surface area contributed by atoms with Crippen LogP contribution in [0.25, 0.3) is 5.76 Å². The van der Waals surface area contributed by atoms with Crippen LogP contribution in [-0.2, 0) is 9.53 Å². The smallest absolute Gasteiger partial charge is 0.246 e. The number of aromatic amines is 1. The number of nitrogens with zero attached hydrogens (tertiary/aromatic N) is 1. The minimum Gasteiger partial charge on any atom is -0.487 e. The molecule has 1 aliphatic rings. The summed E-state index contributed by atoms with van der Waals surface area (Å²) in [6.45, 7) is 10.4. The van der Waals surface area contributed by atoms with Gasteiger partial charge in [-0.2, -0.15) is 0 Å². The number of carbonyl (C=O) groups excluding carboxylic acids is 1. The summed E-state index contributed by atoms with van der Waals surface area (Å²) in [4.78, 5) is 15.9. The molecule has 4 nitrogen and oxygen atoms in total. The zero-order chi connectivity index (χ0) is 13.3. The number of H-pyrrole nitrogens is 1. The molecule has 1 N–H and O–H groups in total. The fourth-order valence-corrected chi connectivity index (χ4v) is 2.22. The van der Waals surface area contributed by atoms with E-state index in [1.807, 2.05) is 6.92 Å². The van der Waals surface area contributed by atoms with Gasteiger partial charge in [0.05, 0.1) is 23.7 Å². The van der Waals surface area contributed by atoms with Crippen LogP contribution in [0.4, 0.5) is 0 Å². The summed E-state index contributed by atoms with van der Waals surface area (Å²) >= 11 is 6.04. The second-order valence-corrected chi connectivity index (χ2v) is 4.65. The van der Waals surface area contributed by atoms with Crippen LogP contribution in [0.5, 0.6) is 0 Å². The predicted octanol–water partition coefficient (Wildman–Crippen LogP) is 2.36. The molecular formula is C13H15ClN2O2. The zero-order valence-electron chi connectivity index (χ0n) is 10.2. The summed E-state index contributed by atoms with van der Waals surface area (Å²) < 4.78 is 5.69. The van der Waals surface area contributed by atoms with Crippen molar-refractivity contribution in [2.24, 2.45) is 0 Å². The van der Waals surface area contributed by atoms with Gasteiger partial charge in [-0.15, -0.1) is 0 Å². The molecule has 18 heavy (non-hydrogen) atoms. The predicted molar refractivity (Wildman–Crippen MR) is 71.2 cm³/mol. The Morgan fingerprint density at radius 2 is 2.33 bits per heavy atom. The van der Waals surface area contributed by atoms with E-state index in [4.69, 9.17) is 16.3 Å². The van der Waals surface area contributed by atoms with E-state index in [-0.39, 0.29) is 12.0 Å². The highest BCUT2D eigenvalue weighted by atomic mass is 35.5. The van der Waals surface area contributed by atoms with Crippen molar-refractivity contribution in [2.75, 3.05) is 13.1 Å². The first-order valence-electron chi connectivity index (χ1n) is 5.63. The van der Waals surface area contributed by atoms with Gasteiger partial charge in [0.1, 0.15) is 11.9 Å². The normalized spacial score (nSPS) is 15.1. The lowest BCUT2D eigenvalue weighted by atomic mass is 10.1. The van der Waals surface area contributed by atoms with Gasteiger partial charge in [-0.25, -0.2) is 0 Å². The van der Waals surface area contributed by atoms with Crippen LogP contribution in [-0.4, -0.2) is 35.0 Å². The second kappa shape index (κ2) is 4.90. The third-order valence-electron chi connectivity index (χ3n) is 2.95. The molecule has 5 heteroatoms. The van der Waals surface area contributed by atoms with Crippen molar-refractivity contribution in [1.82, 2.24) is 9.88 Å². The summed E-state index contributed by atoms with van der Waals surface area (Å²) in [6, 6.07) is 0. The molecule has 0 saturated carbocycles. The van der Waals surface area contributed by atoms with Crippen LogP contribution < -0.4 is 0 Å². The van der Waals surface area contributed by atoms with Crippen molar-refractivity contribution < 1.29 is 9.53 Å². The minimum absolute atomic E-state index is 0.0215. The maximum atomic E-state index is 11.3. The van der Waals surface area contributed by atoms with E-state index in [0.717, 1.165) is 11.3 Å². The van der Waals surface area contributed by atoms with Crippen molar-refractivity contribution in [3.8, 4) is 0 Å². The van der Waals surface area contributed by atoms with Crippen LogP contribution >= 0.6 is 11.6 Å². The Morgan fingerprint density at radius 3 is 2.83 bits per heavy atom. The van der Waals surface area contributed by atoms with Gasteiger partial charge in [-0.3, -0.25) is 4.79 Å². The Labute approximate surface area is 111 Å². The number of halogens is 1. The Kier molecular flexibility index (Phi) is 3.48. The highest BCUT2D eigenvalue weighted by molar-refractivity contribution is 6.32. The first-order chi connectivity index (χ1) is 8.52. The largest absolute Gasteiger partial charge is 0.487 e. The molecule has 1 aromatic heterocycles. The number of amides is 1. The highest BCUT2D eigenvalue weighted by Crippen LogP contribution is 2.29. The molecular weight excluding hydrogens is 252 g/mol. The van der Waals surface area contributed by atoms with Crippen LogP contribution in [0.3, 0.4) is 0 Å². The lowest BCUT2D eigenvalue weighted by molar-refractivity contribution is -0.135. The molecule has 1 fully saturated rings. The third kappa shape index (κ3) is 2.29. The molecule has 2 heterocycles. The Hall–Kier alpha value is -1.68. The van der Waals surface area contributed by atoms with E-state index in [9.17, 15) is 4.79 Å². The zero-order valence-corrected chi connectivity index (χ0v) is 11.0. The lowest BCUT2D eigenvalue weighted by Crippen LogP contribution is -2.54. The summed E-state index contributed by atoms with van der Waals surface area (Å²) in [5.74, 6) is 0.464. The molecule has 1 amide bonds. The van der Waals surface area contributed by atoms with Gasteiger partial charge < -0.3 is 14.6 Å². The number of likely N-dealkylation sites (tertiary alicyclic amines) is 1. The number of ether oxygens (including phenoxy) is 1. The molecule has 1 aromatic rings. The third-order valence-corrected chi connectivity index (χ3v) is 3.25. The van der Waals surface area contributed by atoms with E-state index in [1.54, 1.807) is 11.1 Å². The number of aryl methyl sites for hydroxylation is 1. The summed E-state index contributed by atoms with van der Waals surface area (Å²) in [7, 11) is 0. The summed E-state index contributed by atoms with van der Waals surface area (Å²) in [6.07, 6.45) is 2.99. The van der Waals surface area contributed by atoms with E-state index in [2.05, 4.69) is 18.1 Å². The molecule has 1 aliphatic heterocycles. The first kappa shape index (κ1) is 12.8. The van der Waals surface area contributed by atoms with Crippen LogP contribution in [0.2, 0.25) is 5.02 Å². The average molecular weight is 267 g/mol. The fraction of sp³-hybridized carbons (Fsp3) is 0.308. The first-order valence-corrected chi connectivity index (χ1v) is 6.01. The topological polar surface area (TPSA) is 45.3 Å². The SMILES string of the molecule is C=CC(=O)N1CC(OC(=C)c2c(Cl)c[nH]c2C)C1. The Morgan fingerprint density at radius 1 is 1.67 bits per heavy atom. The molecule has 0 spiro atoms. The van der Waals surface area contributed by atoms with Crippen molar-refractivity contribution in [3.63, 3.8) is 0 Å². The monoisotopic (exact) mass is 266 g/mol. The summed E-state index contributed by atoms with van der Waals surface area (Å²) in [5, 5.41) is 0.593. The van der Waals surface area contributed by atoms with Gasteiger partial charge in [0, 0.05) is 11.9 Å². The van der Waals surface area contributed by atoms with Crippen LogP contribution in [0.1, 0.15) is 11.3 Å². The Bertz CT molecular complexity index is 482. The number of rotatable bonds is 4. The summed E-state index contributed by atoms with van der Waals surface area (Å²) in [5.41, 5.74) is 1.72. The molecule has 0 aliphatic carbocycles.